The maximum Gasteiger partial charge on any atom is 0.213 e. The Morgan fingerprint density at radius 1 is 1.20 bits per heavy atom. The molecule has 0 fully saturated rings. The number of anilines is 1. The first-order valence-electron chi connectivity index (χ1n) is 8.21. The monoisotopic (exact) mass is 331 g/mol. The predicted octanol–water partition coefficient (Wildman–Crippen LogP) is 3.07. The number of nitrogens with one attached hydrogen (secondary N) is 1. The number of allylic oxidation sites excluding steroid dienone is 1. The molecule has 0 radical (unpaired) electrons. The molecule has 0 saturated heterocycles. The molecule has 2 heterocycles. The Balaban J connectivity index is 1.94. The zero-order valence-corrected chi connectivity index (χ0v) is 13.9. The number of ether oxygens (including phenoxy) is 1. The maximum absolute atomic E-state index is 12.9. The standard InChI is InChI=1S/C20H17N3O2/c1-25-15-5-3-14(4-6-15)16-9-13(11-21)10-17-19(16)23-8-2-7-22-12-18(23)20(17)24/h3-6,9-10,12,22H,2,7-8H2,1H3. The lowest BCUT2D eigenvalue weighted by molar-refractivity contribution is 0.103. The molecule has 4 rings (SSSR count). The highest BCUT2D eigenvalue weighted by Gasteiger charge is 2.35. The summed E-state index contributed by atoms with van der Waals surface area (Å²) in [6.45, 7) is 1.61. The molecule has 0 amide bonds. The minimum atomic E-state index is -0.0312. The average molecular weight is 331 g/mol. The third-order valence-electron chi connectivity index (χ3n) is 4.62. The Kier molecular flexibility index (Phi) is 3.66. The molecule has 0 bridgehead atoms. The third-order valence-corrected chi connectivity index (χ3v) is 4.62. The summed E-state index contributed by atoms with van der Waals surface area (Å²) in [7, 11) is 1.63. The minimum absolute atomic E-state index is 0.0312. The number of Topliss-reactive ketones (excluding diaryl/α,β-unsaturated/α-hetero) is 1. The molecule has 1 N–H and O–H groups in total. The molecular formula is C20H17N3O2. The van der Waals surface area contributed by atoms with E-state index in [9.17, 15) is 10.1 Å². The summed E-state index contributed by atoms with van der Waals surface area (Å²) in [6.07, 6.45) is 2.73. The Morgan fingerprint density at radius 3 is 2.68 bits per heavy atom. The summed E-state index contributed by atoms with van der Waals surface area (Å²) in [5.74, 6) is 0.740. The summed E-state index contributed by atoms with van der Waals surface area (Å²) in [6, 6.07) is 13.4. The van der Waals surface area contributed by atoms with Crippen LogP contribution in [0.2, 0.25) is 0 Å². The van der Waals surface area contributed by atoms with Gasteiger partial charge in [0.25, 0.3) is 0 Å². The third kappa shape index (κ3) is 2.43. The average Bonchev–Trinajstić information content (AvgIpc) is 2.83. The van der Waals surface area contributed by atoms with Gasteiger partial charge >= 0.3 is 0 Å². The number of nitrogens with zero attached hydrogens (tertiary/aromatic N) is 2. The van der Waals surface area contributed by atoms with Crippen molar-refractivity contribution in [3.63, 3.8) is 0 Å². The second-order valence-corrected chi connectivity index (χ2v) is 6.08. The zero-order valence-electron chi connectivity index (χ0n) is 13.9. The first-order chi connectivity index (χ1) is 12.2. The van der Waals surface area contributed by atoms with Gasteiger partial charge in [0, 0.05) is 30.4 Å². The lowest BCUT2D eigenvalue weighted by Crippen LogP contribution is -2.21. The van der Waals surface area contributed by atoms with Crippen molar-refractivity contribution >= 4 is 11.5 Å². The number of carbonyl (C=O) groups is 1. The molecule has 2 aliphatic rings. The van der Waals surface area contributed by atoms with Crippen LogP contribution >= 0.6 is 0 Å². The van der Waals surface area contributed by atoms with Gasteiger partial charge in [-0.25, -0.2) is 0 Å². The first kappa shape index (κ1) is 15.3. The quantitative estimate of drug-likeness (QED) is 0.916. The van der Waals surface area contributed by atoms with Crippen molar-refractivity contribution in [1.29, 1.82) is 5.26 Å². The van der Waals surface area contributed by atoms with Crippen LogP contribution in [-0.2, 0) is 0 Å². The van der Waals surface area contributed by atoms with E-state index in [4.69, 9.17) is 4.74 Å². The summed E-state index contributed by atoms with van der Waals surface area (Å²) < 4.78 is 5.23. The van der Waals surface area contributed by atoms with Crippen LogP contribution in [0.4, 0.5) is 5.69 Å². The minimum Gasteiger partial charge on any atom is -0.497 e. The fraction of sp³-hybridized carbons (Fsp3) is 0.200. The normalized spacial score (nSPS) is 15.4. The number of benzene rings is 2. The molecular weight excluding hydrogens is 314 g/mol. The van der Waals surface area contributed by atoms with E-state index >= 15 is 0 Å². The largest absolute Gasteiger partial charge is 0.497 e. The highest BCUT2D eigenvalue weighted by Crippen LogP contribution is 2.43. The Hall–Kier alpha value is -3.26. The van der Waals surface area contributed by atoms with Crippen LogP contribution in [0, 0.1) is 11.3 Å². The van der Waals surface area contributed by atoms with Gasteiger partial charge in [-0.2, -0.15) is 5.26 Å². The SMILES string of the molecule is COc1ccc(-c2cc(C#N)cc3c2N2CCCNC=C2C3=O)cc1. The first-order valence-corrected chi connectivity index (χ1v) is 8.21. The smallest absolute Gasteiger partial charge is 0.213 e. The van der Waals surface area contributed by atoms with Gasteiger partial charge in [-0.05, 0) is 36.2 Å². The number of nitriles is 1. The molecule has 0 saturated carbocycles. The van der Waals surface area contributed by atoms with Gasteiger partial charge < -0.3 is 15.0 Å². The molecule has 2 aromatic carbocycles. The van der Waals surface area contributed by atoms with Crippen molar-refractivity contribution in [3.05, 3.63) is 59.4 Å². The van der Waals surface area contributed by atoms with Gasteiger partial charge in [0.1, 0.15) is 11.4 Å². The molecule has 0 aromatic heterocycles. The van der Waals surface area contributed by atoms with E-state index < -0.39 is 0 Å². The van der Waals surface area contributed by atoms with E-state index in [-0.39, 0.29) is 5.78 Å². The molecule has 0 atom stereocenters. The van der Waals surface area contributed by atoms with Gasteiger partial charge in [0.2, 0.25) is 5.78 Å². The highest BCUT2D eigenvalue weighted by atomic mass is 16.5. The van der Waals surface area contributed by atoms with Gasteiger partial charge in [-0.15, -0.1) is 0 Å². The summed E-state index contributed by atoms with van der Waals surface area (Å²) in [4.78, 5) is 14.9. The number of rotatable bonds is 2. The van der Waals surface area contributed by atoms with Crippen LogP contribution in [0.15, 0.2) is 48.3 Å². The van der Waals surface area contributed by atoms with Crippen molar-refractivity contribution in [3.8, 4) is 22.9 Å². The van der Waals surface area contributed by atoms with E-state index in [0.717, 1.165) is 42.1 Å². The maximum atomic E-state index is 12.9. The zero-order chi connectivity index (χ0) is 17.4. The van der Waals surface area contributed by atoms with Gasteiger partial charge in [-0.3, -0.25) is 4.79 Å². The number of methoxy groups -OCH3 is 1. The van der Waals surface area contributed by atoms with Crippen molar-refractivity contribution in [2.75, 3.05) is 25.1 Å². The molecule has 5 heteroatoms. The van der Waals surface area contributed by atoms with Crippen LogP contribution in [0.5, 0.6) is 5.75 Å². The lowest BCUT2D eigenvalue weighted by Gasteiger charge is -2.21. The van der Waals surface area contributed by atoms with Crippen molar-refractivity contribution in [2.24, 2.45) is 0 Å². The number of hydrogen-bond acceptors (Lipinski definition) is 5. The topological polar surface area (TPSA) is 65.4 Å². The molecule has 0 aliphatic carbocycles. The highest BCUT2D eigenvalue weighted by molar-refractivity contribution is 6.21. The van der Waals surface area contributed by atoms with E-state index in [0.29, 0.717) is 16.8 Å². The van der Waals surface area contributed by atoms with Crippen LogP contribution in [0.3, 0.4) is 0 Å². The van der Waals surface area contributed by atoms with Gasteiger partial charge in [-0.1, -0.05) is 12.1 Å². The molecule has 25 heavy (non-hydrogen) atoms. The fourth-order valence-corrected chi connectivity index (χ4v) is 3.42. The molecule has 0 unspecified atom stereocenters. The van der Waals surface area contributed by atoms with Crippen LogP contribution < -0.4 is 15.0 Å². The number of hydrogen-bond donors (Lipinski definition) is 1. The predicted molar refractivity (Wildman–Crippen MR) is 95.5 cm³/mol. The van der Waals surface area contributed by atoms with Crippen LogP contribution in [0.1, 0.15) is 22.3 Å². The van der Waals surface area contributed by atoms with E-state index in [1.165, 1.54) is 0 Å². The number of ketones is 1. The summed E-state index contributed by atoms with van der Waals surface area (Å²) in [5.41, 5.74) is 4.49. The Labute approximate surface area is 146 Å². The fourth-order valence-electron chi connectivity index (χ4n) is 3.42. The van der Waals surface area contributed by atoms with Crippen LogP contribution in [0.25, 0.3) is 11.1 Å². The molecule has 5 nitrogen and oxygen atoms in total. The summed E-state index contributed by atoms with van der Waals surface area (Å²) >= 11 is 0. The van der Waals surface area contributed by atoms with Crippen molar-refractivity contribution < 1.29 is 9.53 Å². The second-order valence-electron chi connectivity index (χ2n) is 6.08. The molecule has 124 valence electrons. The Morgan fingerprint density at radius 2 is 1.96 bits per heavy atom. The van der Waals surface area contributed by atoms with E-state index in [2.05, 4.69) is 16.3 Å². The van der Waals surface area contributed by atoms with Crippen molar-refractivity contribution in [2.45, 2.75) is 6.42 Å². The van der Waals surface area contributed by atoms with Gasteiger partial charge in [0.05, 0.1) is 24.4 Å². The van der Waals surface area contributed by atoms with Crippen LogP contribution in [-0.4, -0.2) is 26.0 Å². The molecule has 0 spiro atoms. The second kappa shape index (κ2) is 5.99. The Bertz CT molecular complexity index is 923. The van der Waals surface area contributed by atoms with Crippen molar-refractivity contribution in [1.82, 2.24) is 5.32 Å². The lowest BCUT2D eigenvalue weighted by atomic mass is 9.97. The molecule has 2 aromatic rings. The molecule has 2 aliphatic heterocycles. The van der Waals surface area contributed by atoms with Gasteiger partial charge in [0.15, 0.2) is 0 Å². The number of fused-ring (bicyclic) bond motifs is 3. The summed E-state index contributed by atoms with van der Waals surface area (Å²) in [5, 5.41) is 12.6. The van der Waals surface area contributed by atoms with E-state index in [1.807, 2.05) is 30.3 Å². The number of carbonyl (C=O) groups excluding carboxylic acids is 1. The van der Waals surface area contributed by atoms with E-state index in [1.54, 1.807) is 19.4 Å².